The molecule has 1 amide bonds. The highest BCUT2D eigenvalue weighted by atomic mass is 32.2. The maximum Gasteiger partial charge on any atom is 0.261 e. The van der Waals surface area contributed by atoms with Crippen LogP contribution < -0.4 is 10.0 Å². The molecule has 0 aliphatic heterocycles. The van der Waals surface area contributed by atoms with Gasteiger partial charge in [0, 0.05) is 17.0 Å². The Labute approximate surface area is 194 Å². The number of amides is 1. The minimum atomic E-state index is -3.66. The van der Waals surface area contributed by atoms with Gasteiger partial charge in [0.05, 0.1) is 10.9 Å². The summed E-state index contributed by atoms with van der Waals surface area (Å²) in [6.07, 6.45) is 2.90. The van der Waals surface area contributed by atoms with E-state index < -0.39 is 10.0 Å². The van der Waals surface area contributed by atoms with Gasteiger partial charge in [0.15, 0.2) is 0 Å². The van der Waals surface area contributed by atoms with Gasteiger partial charge in [0.1, 0.15) is 0 Å². The van der Waals surface area contributed by atoms with Gasteiger partial charge in [-0.25, -0.2) is 8.42 Å². The van der Waals surface area contributed by atoms with Crippen LogP contribution in [-0.2, 0) is 21.2 Å². The Bertz CT molecular complexity index is 1140. The maximum absolute atomic E-state index is 12.6. The first-order chi connectivity index (χ1) is 15.3. The second-order valence-electron chi connectivity index (χ2n) is 7.68. The quantitative estimate of drug-likeness (QED) is 0.416. The van der Waals surface area contributed by atoms with Crippen LogP contribution in [0.2, 0.25) is 0 Å². The molecule has 7 heteroatoms. The Kier molecular flexibility index (Phi) is 7.99. The number of hydrogen-bond donors (Lipinski definition) is 2. The number of nitrogens with one attached hydrogen (secondary N) is 2. The van der Waals surface area contributed by atoms with Crippen LogP contribution in [0.1, 0.15) is 36.1 Å². The molecule has 3 aromatic carbocycles. The summed E-state index contributed by atoms with van der Waals surface area (Å²) < 4.78 is 27.7. The van der Waals surface area contributed by atoms with Gasteiger partial charge in [-0.2, -0.15) is 0 Å². The van der Waals surface area contributed by atoms with Gasteiger partial charge in [-0.15, -0.1) is 11.8 Å². The van der Waals surface area contributed by atoms with E-state index in [9.17, 15) is 13.2 Å². The van der Waals surface area contributed by atoms with E-state index in [0.29, 0.717) is 18.5 Å². The van der Waals surface area contributed by atoms with Crippen LogP contribution in [0.15, 0.2) is 82.6 Å². The van der Waals surface area contributed by atoms with Crippen LogP contribution in [-0.4, -0.2) is 20.6 Å². The molecule has 3 aromatic rings. The molecular weight excluding hydrogens is 440 g/mol. The predicted octanol–water partition coefficient (Wildman–Crippen LogP) is 5.33. The van der Waals surface area contributed by atoms with Crippen molar-refractivity contribution < 1.29 is 13.2 Å². The molecule has 0 heterocycles. The zero-order chi connectivity index (χ0) is 23.1. The fourth-order valence-corrected chi connectivity index (χ4v) is 4.69. The monoisotopic (exact) mass is 468 g/mol. The molecule has 0 radical (unpaired) electrons. The average Bonchev–Trinajstić information content (AvgIpc) is 2.79. The lowest BCUT2D eigenvalue weighted by Crippen LogP contribution is -2.26. The van der Waals surface area contributed by atoms with E-state index in [1.165, 1.54) is 4.90 Å². The molecule has 1 unspecified atom stereocenters. The first-order valence-electron chi connectivity index (χ1n) is 10.4. The van der Waals surface area contributed by atoms with Crippen molar-refractivity contribution in [3.05, 3.63) is 89.5 Å². The first kappa shape index (κ1) is 23.9. The zero-order valence-corrected chi connectivity index (χ0v) is 20.1. The molecule has 0 bridgehead atoms. The van der Waals surface area contributed by atoms with E-state index in [4.69, 9.17) is 0 Å². The van der Waals surface area contributed by atoms with Gasteiger partial charge in [-0.3, -0.25) is 9.52 Å². The lowest BCUT2D eigenvalue weighted by molar-refractivity contribution is -0.121. The van der Waals surface area contributed by atoms with E-state index in [-0.39, 0.29) is 16.8 Å². The number of carbonyl (C=O) groups is 1. The summed E-state index contributed by atoms with van der Waals surface area (Å²) in [6.45, 7) is 3.91. The number of benzene rings is 3. The molecule has 0 saturated carbocycles. The fraction of sp³-hybridized carbons (Fsp3) is 0.240. The van der Waals surface area contributed by atoms with E-state index in [0.717, 1.165) is 16.7 Å². The van der Waals surface area contributed by atoms with Crippen molar-refractivity contribution in [2.45, 2.75) is 42.5 Å². The van der Waals surface area contributed by atoms with Crippen molar-refractivity contribution in [2.75, 3.05) is 11.0 Å². The summed E-state index contributed by atoms with van der Waals surface area (Å²) in [4.78, 5) is 13.7. The Morgan fingerprint density at radius 2 is 1.56 bits per heavy atom. The SMILES string of the molecule is CSc1ccc(C(C)NC(=O)CCc2ccc(S(=O)(=O)Nc3ccc(C)cc3)cc2)cc1. The van der Waals surface area contributed by atoms with Crippen molar-refractivity contribution in [2.24, 2.45) is 0 Å². The predicted molar refractivity (Wildman–Crippen MR) is 132 cm³/mol. The second kappa shape index (κ2) is 10.7. The molecule has 3 rings (SSSR count). The van der Waals surface area contributed by atoms with Crippen molar-refractivity contribution in [3.8, 4) is 0 Å². The summed E-state index contributed by atoms with van der Waals surface area (Å²) in [6, 6.07) is 21.9. The third-order valence-electron chi connectivity index (χ3n) is 5.17. The van der Waals surface area contributed by atoms with Gasteiger partial charge in [-0.05, 0) is 74.0 Å². The number of anilines is 1. The van der Waals surface area contributed by atoms with Crippen LogP contribution in [0.4, 0.5) is 5.69 Å². The minimum absolute atomic E-state index is 0.0378. The number of thioether (sulfide) groups is 1. The molecule has 5 nitrogen and oxygen atoms in total. The second-order valence-corrected chi connectivity index (χ2v) is 10.2. The number of aryl methyl sites for hydroxylation is 2. The molecule has 2 N–H and O–H groups in total. The van der Waals surface area contributed by atoms with Gasteiger partial charge >= 0.3 is 0 Å². The lowest BCUT2D eigenvalue weighted by atomic mass is 10.1. The van der Waals surface area contributed by atoms with Crippen molar-refractivity contribution in [1.82, 2.24) is 5.32 Å². The molecule has 0 saturated heterocycles. The molecule has 0 aliphatic rings. The van der Waals surface area contributed by atoms with E-state index >= 15 is 0 Å². The first-order valence-corrected chi connectivity index (χ1v) is 13.1. The van der Waals surface area contributed by atoms with E-state index in [1.807, 2.05) is 56.5 Å². The largest absolute Gasteiger partial charge is 0.350 e. The summed E-state index contributed by atoms with van der Waals surface area (Å²) in [5, 5.41) is 3.02. The highest BCUT2D eigenvalue weighted by molar-refractivity contribution is 7.98. The third kappa shape index (κ3) is 6.61. The summed E-state index contributed by atoms with van der Waals surface area (Å²) >= 11 is 1.68. The molecule has 1 atom stereocenters. The van der Waals surface area contributed by atoms with Gasteiger partial charge in [0.2, 0.25) is 5.91 Å². The number of carbonyl (C=O) groups excluding carboxylic acids is 1. The van der Waals surface area contributed by atoms with Gasteiger partial charge in [-0.1, -0.05) is 42.0 Å². The Morgan fingerprint density at radius 3 is 2.16 bits per heavy atom. The topological polar surface area (TPSA) is 75.3 Å². The van der Waals surface area contributed by atoms with Crippen molar-refractivity contribution in [3.63, 3.8) is 0 Å². The van der Waals surface area contributed by atoms with Crippen LogP contribution in [0.25, 0.3) is 0 Å². The Morgan fingerprint density at radius 1 is 0.938 bits per heavy atom. The van der Waals surface area contributed by atoms with Gasteiger partial charge in [0.25, 0.3) is 10.0 Å². The smallest absolute Gasteiger partial charge is 0.261 e. The molecule has 0 fully saturated rings. The minimum Gasteiger partial charge on any atom is -0.350 e. The summed E-state index contributed by atoms with van der Waals surface area (Å²) in [5.74, 6) is -0.0378. The lowest BCUT2D eigenvalue weighted by Gasteiger charge is -2.15. The van der Waals surface area contributed by atoms with Crippen LogP contribution in [0.3, 0.4) is 0 Å². The van der Waals surface area contributed by atoms with Crippen molar-refractivity contribution in [1.29, 1.82) is 0 Å². The standard InChI is InChI=1S/C25H28N2O3S2/c1-18-4-11-22(12-5-18)27-32(29,30)24-15-6-20(7-16-24)8-17-25(28)26-19(2)21-9-13-23(31-3)14-10-21/h4-7,9-16,19,27H,8,17H2,1-3H3,(H,26,28). The highest BCUT2D eigenvalue weighted by Gasteiger charge is 2.14. The number of sulfonamides is 1. The fourth-order valence-electron chi connectivity index (χ4n) is 3.22. The van der Waals surface area contributed by atoms with E-state index in [1.54, 1.807) is 48.2 Å². The van der Waals surface area contributed by atoms with Crippen molar-refractivity contribution >= 4 is 33.4 Å². The maximum atomic E-state index is 12.6. The Hall–Kier alpha value is -2.77. The number of hydrogen-bond acceptors (Lipinski definition) is 4. The van der Waals surface area contributed by atoms with Gasteiger partial charge < -0.3 is 5.32 Å². The van der Waals surface area contributed by atoms with Crippen LogP contribution in [0.5, 0.6) is 0 Å². The van der Waals surface area contributed by atoms with Crippen LogP contribution >= 0.6 is 11.8 Å². The van der Waals surface area contributed by atoms with Crippen LogP contribution in [0, 0.1) is 6.92 Å². The molecule has 0 aromatic heterocycles. The third-order valence-corrected chi connectivity index (χ3v) is 7.31. The zero-order valence-electron chi connectivity index (χ0n) is 18.5. The molecule has 0 spiro atoms. The normalized spacial score (nSPS) is 12.2. The average molecular weight is 469 g/mol. The van der Waals surface area contributed by atoms with E-state index in [2.05, 4.69) is 10.0 Å². The summed E-state index contributed by atoms with van der Waals surface area (Å²) in [7, 11) is -3.66. The summed E-state index contributed by atoms with van der Waals surface area (Å²) in [5.41, 5.74) is 3.55. The highest BCUT2D eigenvalue weighted by Crippen LogP contribution is 2.20. The molecule has 32 heavy (non-hydrogen) atoms. The molecule has 0 aliphatic carbocycles. The Balaban J connectivity index is 1.53. The molecular formula is C25H28N2O3S2. The molecule has 168 valence electrons. The number of rotatable bonds is 9.